The third-order valence-electron chi connectivity index (χ3n) is 0.526. The van der Waals surface area contributed by atoms with E-state index in [-0.39, 0.29) is 0 Å². The molecule has 0 fully saturated rings. The molecule has 0 saturated carbocycles. The van der Waals surface area contributed by atoms with E-state index in [4.69, 9.17) is 0 Å². The Morgan fingerprint density at radius 2 is 2.22 bits per heavy atom. The van der Waals surface area contributed by atoms with Crippen LogP contribution >= 0.6 is 12.2 Å². The smallest absolute Gasteiger partial charge is 0.370 e. The first-order valence-corrected chi connectivity index (χ1v) is 3.50. The lowest BCUT2D eigenvalue weighted by molar-refractivity contribution is -0.127. The second-order valence-corrected chi connectivity index (χ2v) is 2.32. The Kier molecular flexibility index (Phi) is 3.93. The number of carbonyl (C=O) groups is 1. The quantitative estimate of drug-likeness (QED) is 0.262. The van der Waals surface area contributed by atoms with Crippen LogP contribution in [0, 0.1) is 11.8 Å². The van der Waals surface area contributed by atoms with Gasteiger partial charge in [0, 0.05) is 5.92 Å². The zero-order valence-electron chi connectivity index (χ0n) is 5.22. The Labute approximate surface area is 62.1 Å². The first-order valence-electron chi connectivity index (χ1n) is 2.27. The van der Waals surface area contributed by atoms with Gasteiger partial charge in [0.2, 0.25) is 10.5 Å². The zero-order chi connectivity index (χ0) is 7.28. The first kappa shape index (κ1) is 8.34. The van der Waals surface area contributed by atoms with Crippen LogP contribution in [0.5, 0.6) is 0 Å². The van der Waals surface area contributed by atoms with Crippen LogP contribution in [0.25, 0.3) is 0 Å². The Bertz CT molecular complexity index is 189. The normalized spacial score (nSPS) is 7.22. The van der Waals surface area contributed by atoms with Gasteiger partial charge in [-0.2, -0.15) is 0 Å². The van der Waals surface area contributed by atoms with Gasteiger partial charge in [-0.3, -0.25) is 0 Å². The number of thiocarbonyl (C=S) groups is 1. The van der Waals surface area contributed by atoms with E-state index in [1.165, 1.54) is 0 Å². The molecule has 0 N–H and O–H groups in total. The summed E-state index contributed by atoms with van der Waals surface area (Å²) in [6.45, 7) is 1.66. The molecule has 0 rings (SSSR count). The number of hydrogen-bond acceptors (Lipinski definition) is 3. The number of carbonyl (C=O) groups excluding carboxylic acids is 1. The molecular weight excluding hydrogens is 152 g/mol. The third-order valence-corrected chi connectivity index (χ3v) is 0.999. The maximum Gasteiger partial charge on any atom is 0.370 e. The van der Waals surface area contributed by atoms with Gasteiger partial charge in [-0.1, -0.05) is 12.2 Å². The van der Waals surface area contributed by atoms with Gasteiger partial charge < -0.3 is 4.43 Å². The van der Waals surface area contributed by atoms with Gasteiger partial charge in [-0.15, -0.1) is 0 Å². The van der Waals surface area contributed by atoms with E-state index in [0.29, 0.717) is 15.4 Å². The first-order chi connectivity index (χ1) is 4.16. The Balaban J connectivity index is 3.88. The largest absolute Gasteiger partial charge is 0.519 e. The topological polar surface area (TPSA) is 26.3 Å². The van der Waals surface area contributed by atoms with E-state index in [1.807, 2.05) is 0 Å². The summed E-state index contributed by atoms with van der Waals surface area (Å²) in [4.78, 5) is 10.8. The van der Waals surface area contributed by atoms with E-state index in [9.17, 15) is 4.79 Å². The lowest BCUT2D eigenvalue weighted by Gasteiger charge is -1.83. The minimum Gasteiger partial charge on any atom is -0.519 e. The standard InChI is InChI=1S/C5H6O2SSi/c1-4(8)2-3-5(6)7-9/h1,9H3. The predicted octanol–water partition coefficient (Wildman–Crippen LogP) is -0.797. The van der Waals surface area contributed by atoms with E-state index >= 15 is 0 Å². The predicted molar refractivity (Wildman–Crippen MR) is 42.1 cm³/mol. The molecule has 0 aliphatic heterocycles. The Morgan fingerprint density at radius 3 is 2.56 bits per heavy atom. The minimum atomic E-state index is -0.495. The molecule has 0 aromatic heterocycles. The summed E-state index contributed by atoms with van der Waals surface area (Å²) in [5, 5.41) is 0. The van der Waals surface area contributed by atoms with Crippen molar-refractivity contribution in [2.75, 3.05) is 0 Å². The fourth-order valence-electron chi connectivity index (χ4n) is 0.190. The van der Waals surface area contributed by atoms with Crippen LogP contribution in [0.2, 0.25) is 0 Å². The lowest BCUT2D eigenvalue weighted by Crippen LogP contribution is -1.96. The van der Waals surface area contributed by atoms with Crippen molar-refractivity contribution in [1.29, 1.82) is 0 Å². The van der Waals surface area contributed by atoms with Crippen LogP contribution in [-0.4, -0.2) is 21.3 Å². The zero-order valence-corrected chi connectivity index (χ0v) is 8.04. The van der Waals surface area contributed by atoms with Gasteiger partial charge in [0.1, 0.15) is 0 Å². The molecule has 0 radical (unpaired) electrons. The van der Waals surface area contributed by atoms with Crippen molar-refractivity contribution in [3.05, 3.63) is 0 Å². The van der Waals surface area contributed by atoms with Gasteiger partial charge in [0.05, 0.1) is 4.86 Å². The van der Waals surface area contributed by atoms with Crippen molar-refractivity contribution in [3.8, 4) is 11.8 Å². The summed E-state index contributed by atoms with van der Waals surface area (Å²) in [7, 11) is 0.388. The maximum atomic E-state index is 10.3. The van der Waals surface area contributed by atoms with Gasteiger partial charge in [-0.25, -0.2) is 4.79 Å². The van der Waals surface area contributed by atoms with Crippen molar-refractivity contribution in [3.63, 3.8) is 0 Å². The second kappa shape index (κ2) is 4.24. The fourth-order valence-corrected chi connectivity index (χ4v) is 0.343. The average molecular weight is 158 g/mol. The van der Waals surface area contributed by atoms with Crippen LogP contribution in [-0.2, 0) is 9.22 Å². The van der Waals surface area contributed by atoms with E-state index in [2.05, 4.69) is 28.5 Å². The van der Waals surface area contributed by atoms with Crippen LogP contribution in [0.1, 0.15) is 6.92 Å². The van der Waals surface area contributed by atoms with Gasteiger partial charge in [-0.05, 0) is 12.8 Å². The summed E-state index contributed by atoms with van der Waals surface area (Å²) in [6.07, 6.45) is 0. The molecule has 0 aliphatic carbocycles. The maximum absolute atomic E-state index is 10.3. The fraction of sp³-hybridized carbons (Fsp3) is 0.200. The molecule has 0 amide bonds. The van der Waals surface area contributed by atoms with Crippen molar-refractivity contribution < 1.29 is 9.22 Å². The molecule has 4 heteroatoms. The molecule has 0 aromatic carbocycles. The van der Waals surface area contributed by atoms with Crippen molar-refractivity contribution in [1.82, 2.24) is 0 Å². The molecule has 9 heavy (non-hydrogen) atoms. The lowest BCUT2D eigenvalue weighted by atomic mass is 10.5. The minimum absolute atomic E-state index is 0.388. The van der Waals surface area contributed by atoms with Crippen LogP contribution in [0.15, 0.2) is 0 Å². The molecule has 0 aromatic rings. The Hall–Kier alpha value is -0.663. The van der Waals surface area contributed by atoms with E-state index in [1.54, 1.807) is 6.92 Å². The summed E-state index contributed by atoms with van der Waals surface area (Å²) < 4.78 is 4.37. The van der Waals surface area contributed by atoms with Crippen molar-refractivity contribution >= 4 is 33.5 Å². The summed E-state index contributed by atoms with van der Waals surface area (Å²) in [6, 6.07) is 0. The SMILES string of the molecule is CC(=S)C#CC(=O)O[SiH3]. The highest BCUT2D eigenvalue weighted by Crippen LogP contribution is 1.70. The Morgan fingerprint density at radius 1 is 1.67 bits per heavy atom. The molecule has 0 unspecified atom stereocenters. The highest BCUT2D eigenvalue weighted by atomic mass is 32.1. The average Bonchev–Trinajstić information content (AvgIpc) is 1.83. The molecule has 0 bridgehead atoms. The van der Waals surface area contributed by atoms with Crippen LogP contribution in [0.3, 0.4) is 0 Å². The van der Waals surface area contributed by atoms with Gasteiger partial charge >= 0.3 is 5.97 Å². The van der Waals surface area contributed by atoms with Gasteiger partial charge in [0.25, 0.3) is 0 Å². The third kappa shape index (κ3) is 5.20. The molecule has 0 spiro atoms. The molecule has 2 nitrogen and oxygen atoms in total. The van der Waals surface area contributed by atoms with Gasteiger partial charge in [0.15, 0.2) is 0 Å². The monoisotopic (exact) mass is 158 g/mol. The molecular formula is C5H6O2SSi. The molecule has 0 saturated heterocycles. The van der Waals surface area contributed by atoms with Crippen molar-refractivity contribution in [2.24, 2.45) is 0 Å². The van der Waals surface area contributed by atoms with E-state index < -0.39 is 5.97 Å². The molecule has 0 aliphatic rings. The number of hydrogen-bond donors (Lipinski definition) is 0. The highest BCUT2D eigenvalue weighted by molar-refractivity contribution is 7.80. The summed E-state index contributed by atoms with van der Waals surface area (Å²) >= 11 is 4.59. The van der Waals surface area contributed by atoms with Crippen LogP contribution in [0.4, 0.5) is 0 Å². The molecule has 48 valence electrons. The van der Waals surface area contributed by atoms with Crippen LogP contribution < -0.4 is 0 Å². The summed E-state index contributed by atoms with van der Waals surface area (Å²) in [5.74, 6) is 4.14. The highest BCUT2D eigenvalue weighted by Gasteiger charge is 1.86. The van der Waals surface area contributed by atoms with E-state index in [0.717, 1.165) is 0 Å². The number of rotatable bonds is 0. The molecule has 0 atom stereocenters. The summed E-state index contributed by atoms with van der Waals surface area (Å²) in [5.41, 5.74) is 0. The second-order valence-electron chi connectivity index (χ2n) is 1.30. The molecule has 0 heterocycles. The van der Waals surface area contributed by atoms with Crippen molar-refractivity contribution in [2.45, 2.75) is 6.92 Å².